The first-order chi connectivity index (χ1) is 7.39. The van der Waals surface area contributed by atoms with Gasteiger partial charge in [-0.2, -0.15) is 0 Å². The SMILES string of the molecule is CO[C@@H]1[C@@H](F)O[C@@H](C)[C@H](OC)[C@@]1(C)[N+](=O)[O-]. The van der Waals surface area contributed by atoms with Crippen molar-refractivity contribution in [2.75, 3.05) is 14.2 Å². The van der Waals surface area contributed by atoms with Crippen LogP contribution in [0, 0.1) is 10.1 Å². The van der Waals surface area contributed by atoms with E-state index in [-0.39, 0.29) is 0 Å². The summed E-state index contributed by atoms with van der Waals surface area (Å²) in [6.07, 6.45) is -4.69. The molecule has 16 heavy (non-hydrogen) atoms. The highest BCUT2D eigenvalue weighted by atomic mass is 19.1. The van der Waals surface area contributed by atoms with Crippen LogP contribution in [0.5, 0.6) is 0 Å². The molecule has 1 fully saturated rings. The second kappa shape index (κ2) is 4.60. The Balaban J connectivity index is 3.14. The molecule has 0 unspecified atom stereocenters. The third-order valence-electron chi connectivity index (χ3n) is 3.06. The summed E-state index contributed by atoms with van der Waals surface area (Å²) in [5.41, 5.74) is -1.67. The molecular formula is C9H16FNO5. The van der Waals surface area contributed by atoms with Gasteiger partial charge in [0.15, 0.2) is 12.2 Å². The van der Waals surface area contributed by atoms with Gasteiger partial charge in [0.1, 0.15) is 0 Å². The number of alkyl halides is 1. The third kappa shape index (κ3) is 1.79. The topological polar surface area (TPSA) is 70.8 Å². The summed E-state index contributed by atoms with van der Waals surface area (Å²) in [6, 6.07) is 0. The van der Waals surface area contributed by atoms with Gasteiger partial charge in [-0.25, -0.2) is 4.39 Å². The predicted molar refractivity (Wildman–Crippen MR) is 52.4 cm³/mol. The minimum atomic E-state index is -1.83. The van der Waals surface area contributed by atoms with E-state index < -0.39 is 35.1 Å². The zero-order chi connectivity index (χ0) is 12.5. The molecule has 1 rings (SSSR count). The maximum Gasteiger partial charge on any atom is 0.278 e. The summed E-state index contributed by atoms with van der Waals surface area (Å²) < 4.78 is 28.4. The zero-order valence-corrected chi connectivity index (χ0v) is 9.68. The van der Waals surface area contributed by atoms with Crippen LogP contribution in [0.1, 0.15) is 13.8 Å². The van der Waals surface area contributed by atoms with Gasteiger partial charge in [-0.1, -0.05) is 0 Å². The first-order valence-electron chi connectivity index (χ1n) is 4.89. The van der Waals surface area contributed by atoms with Crippen molar-refractivity contribution in [1.82, 2.24) is 0 Å². The Morgan fingerprint density at radius 3 is 2.25 bits per heavy atom. The summed E-state index contributed by atoms with van der Waals surface area (Å²) in [5.74, 6) is 0. The molecule has 0 N–H and O–H groups in total. The quantitative estimate of drug-likeness (QED) is 0.535. The van der Waals surface area contributed by atoms with Gasteiger partial charge in [0.2, 0.25) is 6.36 Å². The fourth-order valence-corrected chi connectivity index (χ4v) is 2.23. The minimum Gasteiger partial charge on any atom is -0.371 e. The van der Waals surface area contributed by atoms with Crippen LogP contribution in [0.4, 0.5) is 4.39 Å². The summed E-state index contributed by atoms with van der Waals surface area (Å²) >= 11 is 0. The summed E-state index contributed by atoms with van der Waals surface area (Å²) in [5, 5.41) is 11.1. The summed E-state index contributed by atoms with van der Waals surface area (Å²) in [4.78, 5) is 10.6. The van der Waals surface area contributed by atoms with Crippen molar-refractivity contribution in [2.24, 2.45) is 0 Å². The van der Waals surface area contributed by atoms with Crippen molar-refractivity contribution in [2.45, 2.75) is 44.1 Å². The average Bonchev–Trinajstić information content (AvgIpc) is 2.17. The number of halogens is 1. The molecule has 1 heterocycles. The molecule has 0 amide bonds. The van der Waals surface area contributed by atoms with Crippen LogP contribution in [-0.4, -0.2) is 49.4 Å². The highest BCUT2D eigenvalue weighted by molar-refractivity contribution is 4.99. The van der Waals surface area contributed by atoms with Crippen molar-refractivity contribution in [3.63, 3.8) is 0 Å². The lowest BCUT2D eigenvalue weighted by molar-refractivity contribution is -0.607. The van der Waals surface area contributed by atoms with Gasteiger partial charge in [-0.15, -0.1) is 0 Å². The standard InChI is InChI=1S/C9H16FNO5/c1-5-6(14-3)9(2,11(12)13)7(15-4)8(10)16-5/h5-8H,1-4H3/t5-,6-,7+,8-,9+/m0/s1. The van der Waals surface area contributed by atoms with Crippen molar-refractivity contribution in [3.05, 3.63) is 10.1 Å². The highest BCUT2D eigenvalue weighted by Crippen LogP contribution is 2.35. The lowest BCUT2D eigenvalue weighted by Crippen LogP contribution is -2.67. The maximum atomic E-state index is 13.6. The molecule has 0 aromatic rings. The number of rotatable bonds is 3. The van der Waals surface area contributed by atoms with Gasteiger partial charge in [-0.3, -0.25) is 10.1 Å². The molecule has 7 heteroatoms. The van der Waals surface area contributed by atoms with E-state index in [1.165, 1.54) is 28.1 Å². The molecule has 94 valence electrons. The molecule has 1 aliphatic rings. The second-order valence-electron chi connectivity index (χ2n) is 3.99. The molecule has 0 spiro atoms. The Kier molecular flexibility index (Phi) is 3.82. The van der Waals surface area contributed by atoms with Crippen LogP contribution in [-0.2, 0) is 14.2 Å². The number of methoxy groups -OCH3 is 2. The third-order valence-corrected chi connectivity index (χ3v) is 3.06. The van der Waals surface area contributed by atoms with Gasteiger partial charge < -0.3 is 14.2 Å². The molecule has 1 saturated heterocycles. The summed E-state index contributed by atoms with van der Waals surface area (Å²) in [7, 11) is 2.54. The molecule has 0 bridgehead atoms. The van der Waals surface area contributed by atoms with Crippen molar-refractivity contribution in [1.29, 1.82) is 0 Å². The van der Waals surface area contributed by atoms with E-state index in [4.69, 9.17) is 14.2 Å². The number of ether oxygens (including phenoxy) is 3. The largest absolute Gasteiger partial charge is 0.371 e. The van der Waals surface area contributed by atoms with Crippen molar-refractivity contribution >= 4 is 0 Å². The van der Waals surface area contributed by atoms with Gasteiger partial charge in [0.25, 0.3) is 5.54 Å². The molecule has 6 nitrogen and oxygen atoms in total. The van der Waals surface area contributed by atoms with Gasteiger partial charge >= 0.3 is 0 Å². The fourth-order valence-electron chi connectivity index (χ4n) is 2.23. The Morgan fingerprint density at radius 2 is 1.88 bits per heavy atom. The van der Waals surface area contributed by atoms with Gasteiger partial charge in [0.05, 0.1) is 6.10 Å². The predicted octanol–water partition coefficient (Wildman–Crippen LogP) is 0.766. The number of hydrogen-bond donors (Lipinski definition) is 0. The van der Waals surface area contributed by atoms with Crippen molar-refractivity contribution < 1.29 is 23.5 Å². The second-order valence-corrected chi connectivity index (χ2v) is 3.99. The fraction of sp³-hybridized carbons (Fsp3) is 1.00. The Labute approximate surface area is 92.8 Å². The lowest BCUT2D eigenvalue weighted by atomic mass is 9.83. The monoisotopic (exact) mass is 237 g/mol. The maximum absolute atomic E-state index is 13.6. The van der Waals surface area contributed by atoms with E-state index in [1.807, 2.05) is 0 Å². The first-order valence-corrected chi connectivity index (χ1v) is 4.89. The molecule has 0 saturated carbocycles. The van der Waals surface area contributed by atoms with Crippen LogP contribution >= 0.6 is 0 Å². The van der Waals surface area contributed by atoms with Gasteiger partial charge in [0, 0.05) is 26.1 Å². The van der Waals surface area contributed by atoms with E-state index in [1.54, 1.807) is 0 Å². The molecule has 0 aliphatic carbocycles. The Morgan fingerprint density at radius 1 is 1.38 bits per heavy atom. The molecule has 1 aliphatic heterocycles. The normalized spacial score (nSPS) is 44.3. The van der Waals surface area contributed by atoms with Crippen molar-refractivity contribution in [3.8, 4) is 0 Å². The van der Waals surface area contributed by atoms with Crippen LogP contribution in [0.15, 0.2) is 0 Å². The first kappa shape index (κ1) is 13.3. The molecule has 5 atom stereocenters. The van der Waals surface area contributed by atoms with E-state index in [0.717, 1.165) is 0 Å². The molecule has 0 aromatic carbocycles. The summed E-state index contributed by atoms with van der Waals surface area (Å²) in [6.45, 7) is 2.84. The van der Waals surface area contributed by atoms with Gasteiger partial charge in [-0.05, 0) is 6.92 Å². The molecule has 0 aromatic heterocycles. The number of hydrogen-bond acceptors (Lipinski definition) is 5. The lowest BCUT2D eigenvalue weighted by Gasteiger charge is -2.43. The number of nitro groups is 1. The molecule has 0 radical (unpaired) electrons. The van der Waals surface area contributed by atoms with Crippen LogP contribution in [0.3, 0.4) is 0 Å². The van der Waals surface area contributed by atoms with E-state index in [2.05, 4.69) is 0 Å². The highest BCUT2D eigenvalue weighted by Gasteiger charge is 2.63. The Bertz CT molecular complexity index is 259. The van der Waals surface area contributed by atoms with E-state index >= 15 is 0 Å². The van der Waals surface area contributed by atoms with E-state index in [0.29, 0.717) is 0 Å². The van der Waals surface area contributed by atoms with E-state index in [9.17, 15) is 14.5 Å². The van der Waals surface area contributed by atoms with Crippen LogP contribution < -0.4 is 0 Å². The van der Waals surface area contributed by atoms with Crippen LogP contribution in [0.25, 0.3) is 0 Å². The number of nitrogens with zero attached hydrogens (tertiary/aromatic N) is 1. The molecular weight excluding hydrogens is 221 g/mol. The average molecular weight is 237 g/mol. The minimum absolute atomic E-state index is 0.569. The zero-order valence-electron chi connectivity index (χ0n) is 9.68. The Hall–Kier alpha value is -0.790. The smallest absolute Gasteiger partial charge is 0.278 e. The van der Waals surface area contributed by atoms with Crippen LogP contribution in [0.2, 0.25) is 0 Å².